The van der Waals surface area contributed by atoms with Crippen LogP contribution in [0.25, 0.3) is 0 Å². The molecule has 1 aromatic carbocycles. The minimum atomic E-state index is -0.663. The highest BCUT2D eigenvalue weighted by Crippen LogP contribution is 2.22. The lowest BCUT2D eigenvalue weighted by Gasteiger charge is -2.14. The molecule has 0 bridgehead atoms. The summed E-state index contributed by atoms with van der Waals surface area (Å²) < 4.78 is 5.18. The average Bonchev–Trinajstić information content (AvgIpc) is 2.53. The number of carbonyl (C=O) groups excluding carboxylic acids is 1. The van der Waals surface area contributed by atoms with Crippen molar-refractivity contribution in [1.82, 2.24) is 10.3 Å². The quantitative estimate of drug-likeness (QED) is 0.647. The summed E-state index contributed by atoms with van der Waals surface area (Å²) in [7, 11) is 0. The van der Waals surface area contributed by atoms with Crippen LogP contribution in [0.5, 0.6) is 5.75 Å². The number of ether oxygens (including phenoxy) is 1. The van der Waals surface area contributed by atoms with Crippen LogP contribution in [-0.4, -0.2) is 22.4 Å². The van der Waals surface area contributed by atoms with Crippen LogP contribution in [0.15, 0.2) is 42.6 Å². The number of carbonyl (C=O) groups is 1. The van der Waals surface area contributed by atoms with E-state index >= 15 is 0 Å². The van der Waals surface area contributed by atoms with Gasteiger partial charge in [-0.05, 0) is 46.7 Å². The minimum absolute atomic E-state index is 0.0493. The van der Waals surface area contributed by atoms with E-state index in [4.69, 9.17) is 16.3 Å². The van der Waals surface area contributed by atoms with E-state index in [-0.39, 0.29) is 18.4 Å². The Hall–Kier alpha value is -2.67. The summed E-state index contributed by atoms with van der Waals surface area (Å²) in [5.74, 6) is -0.872. The van der Waals surface area contributed by atoms with E-state index in [0.717, 1.165) is 5.56 Å². The van der Waals surface area contributed by atoms with E-state index in [9.17, 15) is 14.9 Å². The second kappa shape index (κ2) is 7.55. The number of benzene rings is 1. The number of hydrogen-bond donors (Lipinski definition) is 1. The largest absolute Gasteiger partial charge is 0.476 e. The lowest BCUT2D eigenvalue weighted by molar-refractivity contribution is -0.390. The summed E-state index contributed by atoms with van der Waals surface area (Å²) in [4.78, 5) is 25.6. The number of aromatic nitrogens is 1. The first-order valence-corrected chi connectivity index (χ1v) is 7.12. The standard InChI is InChI=1S/C15H14ClN3O4/c1-10(11-4-6-12(16)7-5-11)18-14(20)9-23-13-3-2-8-17-15(13)19(21)22/h2-8,10H,9H2,1H3,(H,18,20)/t10-/m0/s1. The van der Waals surface area contributed by atoms with E-state index in [1.54, 1.807) is 24.3 Å². The number of nitrogens with zero attached hydrogens (tertiary/aromatic N) is 2. The zero-order chi connectivity index (χ0) is 16.8. The Morgan fingerprint density at radius 1 is 1.39 bits per heavy atom. The Balaban J connectivity index is 1.93. The van der Waals surface area contributed by atoms with Gasteiger partial charge in [-0.25, -0.2) is 0 Å². The monoisotopic (exact) mass is 335 g/mol. The Bertz CT molecular complexity index is 706. The molecule has 1 atom stereocenters. The molecule has 8 heteroatoms. The van der Waals surface area contributed by atoms with Crippen LogP contribution in [0.1, 0.15) is 18.5 Å². The van der Waals surface area contributed by atoms with Gasteiger partial charge in [0.25, 0.3) is 5.91 Å². The van der Waals surface area contributed by atoms with Gasteiger partial charge in [0.15, 0.2) is 6.61 Å². The van der Waals surface area contributed by atoms with Crippen molar-refractivity contribution < 1.29 is 14.5 Å². The summed E-state index contributed by atoms with van der Waals surface area (Å²) in [6.45, 7) is 1.47. The Labute approximate surface area is 137 Å². The highest BCUT2D eigenvalue weighted by atomic mass is 35.5. The molecule has 120 valence electrons. The fraction of sp³-hybridized carbons (Fsp3) is 0.200. The first-order valence-electron chi connectivity index (χ1n) is 6.74. The molecule has 2 rings (SSSR count). The maximum Gasteiger partial charge on any atom is 0.406 e. The lowest BCUT2D eigenvalue weighted by atomic mass is 10.1. The smallest absolute Gasteiger partial charge is 0.406 e. The Morgan fingerprint density at radius 2 is 2.09 bits per heavy atom. The number of nitrogens with one attached hydrogen (secondary N) is 1. The molecule has 0 saturated heterocycles. The maximum absolute atomic E-state index is 11.9. The van der Waals surface area contributed by atoms with Crippen molar-refractivity contribution in [2.75, 3.05) is 6.61 Å². The number of rotatable bonds is 6. The van der Waals surface area contributed by atoms with Gasteiger partial charge in [-0.1, -0.05) is 23.7 Å². The van der Waals surface area contributed by atoms with Gasteiger partial charge in [-0.3, -0.25) is 4.79 Å². The zero-order valence-electron chi connectivity index (χ0n) is 12.2. The number of amides is 1. The molecule has 0 aliphatic rings. The molecule has 0 saturated carbocycles. The van der Waals surface area contributed by atoms with Crippen LogP contribution in [0, 0.1) is 10.1 Å². The van der Waals surface area contributed by atoms with Gasteiger partial charge in [-0.15, -0.1) is 0 Å². The third-order valence-electron chi connectivity index (χ3n) is 3.03. The third-order valence-corrected chi connectivity index (χ3v) is 3.28. The summed E-state index contributed by atoms with van der Waals surface area (Å²) in [5, 5.41) is 14.2. The first kappa shape index (κ1) is 16.7. The molecule has 1 heterocycles. The average molecular weight is 336 g/mol. The van der Waals surface area contributed by atoms with Gasteiger partial charge in [0.1, 0.15) is 6.20 Å². The highest BCUT2D eigenvalue weighted by Gasteiger charge is 2.17. The molecule has 1 amide bonds. The second-order valence-corrected chi connectivity index (χ2v) is 5.15. The molecule has 0 radical (unpaired) electrons. The van der Waals surface area contributed by atoms with Crippen LogP contribution in [-0.2, 0) is 4.79 Å². The number of nitro groups is 1. The lowest BCUT2D eigenvalue weighted by Crippen LogP contribution is -2.31. The predicted molar refractivity (Wildman–Crippen MR) is 84.4 cm³/mol. The molecule has 2 aromatic rings. The molecular weight excluding hydrogens is 322 g/mol. The fourth-order valence-corrected chi connectivity index (χ4v) is 2.02. The maximum atomic E-state index is 11.9. The molecule has 0 spiro atoms. The fourth-order valence-electron chi connectivity index (χ4n) is 1.89. The second-order valence-electron chi connectivity index (χ2n) is 4.71. The van der Waals surface area contributed by atoms with Gasteiger partial charge in [-0.2, -0.15) is 0 Å². The zero-order valence-corrected chi connectivity index (χ0v) is 13.0. The topological polar surface area (TPSA) is 94.4 Å². The van der Waals surface area contributed by atoms with Crippen LogP contribution < -0.4 is 10.1 Å². The van der Waals surface area contributed by atoms with E-state index in [2.05, 4.69) is 10.3 Å². The summed E-state index contributed by atoms with van der Waals surface area (Å²) in [6.07, 6.45) is 1.29. The Kier molecular flexibility index (Phi) is 5.48. The van der Waals surface area contributed by atoms with Crippen LogP contribution in [0.3, 0.4) is 0 Å². The minimum Gasteiger partial charge on any atom is -0.476 e. The first-order chi connectivity index (χ1) is 11.0. The van der Waals surface area contributed by atoms with Crippen molar-refractivity contribution in [1.29, 1.82) is 0 Å². The van der Waals surface area contributed by atoms with Crippen LogP contribution >= 0.6 is 11.6 Å². The predicted octanol–water partition coefficient (Wildman–Crippen LogP) is 2.90. The molecule has 1 aromatic heterocycles. The molecule has 1 N–H and O–H groups in total. The van der Waals surface area contributed by atoms with E-state index in [1.165, 1.54) is 18.3 Å². The molecule has 0 fully saturated rings. The van der Waals surface area contributed by atoms with E-state index in [1.807, 2.05) is 6.92 Å². The third kappa shape index (κ3) is 4.65. The van der Waals surface area contributed by atoms with Gasteiger partial charge in [0, 0.05) is 5.02 Å². The van der Waals surface area contributed by atoms with Crippen molar-refractivity contribution in [3.8, 4) is 5.75 Å². The van der Waals surface area contributed by atoms with Gasteiger partial charge in [0.2, 0.25) is 5.75 Å². The molecule has 0 aliphatic carbocycles. The number of hydrogen-bond acceptors (Lipinski definition) is 5. The van der Waals surface area contributed by atoms with Crippen LogP contribution in [0.4, 0.5) is 5.82 Å². The molecule has 0 unspecified atom stereocenters. The van der Waals surface area contributed by atoms with Crippen molar-refractivity contribution in [2.24, 2.45) is 0 Å². The van der Waals surface area contributed by atoms with Crippen LogP contribution in [0.2, 0.25) is 5.02 Å². The van der Waals surface area contributed by atoms with Crippen molar-refractivity contribution in [3.05, 3.63) is 63.3 Å². The highest BCUT2D eigenvalue weighted by molar-refractivity contribution is 6.30. The molecule has 7 nitrogen and oxygen atoms in total. The summed E-state index contributed by atoms with van der Waals surface area (Å²) >= 11 is 5.81. The summed E-state index contributed by atoms with van der Waals surface area (Å²) in [6, 6.07) is 9.72. The number of pyridine rings is 1. The van der Waals surface area contributed by atoms with E-state index < -0.39 is 16.6 Å². The van der Waals surface area contributed by atoms with Crippen molar-refractivity contribution in [3.63, 3.8) is 0 Å². The molecule has 23 heavy (non-hydrogen) atoms. The number of halogens is 1. The van der Waals surface area contributed by atoms with Crippen molar-refractivity contribution in [2.45, 2.75) is 13.0 Å². The normalized spacial score (nSPS) is 11.6. The molecular formula is C15H14ClN3O4. The molecule has 0 aliphatic heterocycles. The SMILES string of the molecule is C[C@H](NC(=O)COc1cccnc1[N+](=O)[O-])c1ccc(Cl)cc1. The van der Waals surface area contributed by atoms with Gasteiger partial charge < -0.3 is 20.2 Å². The van der Waals surface area contributed by atoms with Gasteiger partial charge in [0.05, 0.1) is 6.04 Å². The summed E-state index contributed by atoms with van der Waals surface area (Å²) in [5.41, 5.74) is 0.884. The van der Waals surface area contributed by atoms with E-state index in [0.29, 0.717) is 5.02 Å². The van der Waals surface area contributed by atoms with Gasteiger partial charge >= 0.3 is 5.82 Å². The van der Waals surface area contributed by atoms with Crippen molar-refractivity contribution >= 4 is 23.3 Å². The Morgan fingerprint density at radius 3 is 2.74 bits per heavy atom.